The van der Waals surface area contributed by atoms with Crippen LogP contribution in [-0.2, 0) is 55.9 Å². The summed E-state index contributed by atoms with van der Waals surface area (Å²) in [6.45, 7) is 3.84. The Morgan fingerprint density at radius 1 is 0.789 bits per heavy atom. The topological polar surface area (TPSA) is 462 Å². The number of nitrogens with zero attached hydrogens (tertiary/aromatic N) is 6. The molecule has 90 heavy (non-hydrogen) atoms. The van der Waals surface area contributed by atoms with Gasteiger partial charge in [0.05, 0.1) is 54.8 Å². The lowest BCUT2D eigenvalue weighted by atomic mass is 9.98. The van der Waals surface area contributed by atoms with E-state index in [0.717, 1.165) is 53.8 Å². The zero-order chi connectivity index (χ0) is 65.3. The van der Waals surface area contributed by atoms with E-state index in [2.05, 4.69) is 58.2 Å². The first-order valence-corrected chi connectivity index (χ1v) is 31.0. The van der Waals surface area contributed by atoms with Crippen LogP contribution in [0.5, 0.6) is 11.5 Å². The predicted molar refractivity (Wildman–Crippen MR) is 319 cm³/mol. The summed E-state index contributed by atoms with van der Waals surface area (Å²) in [5.41, 5.74) is 6.88. The molecule has 0 aliphatic carbocycles. The minimum Gasteiger partial charge on any atom is -0.504 e. The summed E-state index contributed by atoms with van der Waals surface area (Å²) in [6, 6.07) is -2.07. The SMILES string of the molecule is CCCCCCCCCCn1cc(-c2nnc(-c3ccc(C(=O)NC4CC(O)CNC(=O)C5C(O)C(C)CN5C(=O)C(C(O)CC(N)=O)NC(=O)C(C(O)Cc5ccc(O)c(OSOOO)c5)NC(=O)C5CC(O)CN5C(=O)C(C(C)O)NC4=O)cc3)s2)cn1. The van der Waals surface area contributed by atoms with Crippen LogP contribution in [0.4, 0.5) is 0 Å². The van der Waals surface area contributed by atoms with Gasteiger partial charge < -0.3 is 82.0 Å². The number of nitrogens with one attached hydrogen (secondary N) is 5. The fraction of sp³-hybridized carbons (Fsp3) is 0.561. The fourth-order valence-electron chi connectivity index (χ4n) is 10.9. The highest BCUT2D eigenvalue weighted by Gasteiger charge is 2.50. The number of aromatic nitrogens is 4. The number of aryl methyl sites for hydroxylation is 1. The third-order valence-electron chi connectivity index (χ3n) is 15.7. The van der Waals surface area contributed by atoms with Crippen molar-refractivity contribution >= 4 is 70.9 Å². The van der Waals surface area contributed by atoms with E-state index in [9.17, 15) is 74.1 Å². The van der Waals surface area contributed by atoms with Crippen LogP contribution in [0.3, 0.4) is 0 Å². The number of benzene rings is 2. The lowest BCUT2D eigenvalue weighted by molar-refractivity contribution is -0.433. The molecule has 0 spiro atoms. The van der Waals surface area contributed by atoms with E-state index < -0.39 is 177 Å². The Morgan fingerprint density at radius 2 is 1.44 bits per heavy atom. The van der Waals surface area contributed by atoms with Crippen LogP contribution in [0, 0.1) is 5.92 Å². The van der Waals surface area contributed by atoms with Gasteiger partial charge >= 0.3 is 0 Å². The lowest BCUT2D eigenvalue weighted by Crippen LogP contribution is -2.64. The number of amides is 8. The van der Waals surface area contributed by atoms with Crippen LogP contribution < -0.4 is 36.5 Å². The van der Waals surface area contributed by atoms with Crippen molar-refractivity contribution in [2.24, 2.45) is 11.7 Å². The molecule has 31 nitrogen and oxygen atoms in total. The van der Waals surface area contributed by atoms with Crippen molar-refractivity contribution in [3.8, 4) is 32.6 Å². The number of aliphatic hydroxyl groups is 6. The van der Waals surface area contributed by atoms with E-state index in [-0.39, 0.29) is 29.2 Å². The highest BCUT2D eigenvalue weighted by molar-refractivity contribution is 7.90. The Labute approximate surface area is 525 Å². The molecule has 3 fully saturated rings. The van der Waals surface area contributed by atoms with Gasteiger partial charge in [0.25, 0.3) is 18.2 Å². The van der Waals surface area contributed by atoms with E-state index in [1.54, 1.807) is 18.3 Å². The number of phenolic OH excluding ortho intramolecular Hbond substituents is 1. The maximum absolute atomic E-state index is 14.7. The van der Waals surface area contributed by atoms with Crippen LogP contribution in [0.15, 0.2) is 54.9 Å². The number of hydrogen-bond acceptors (Lipinski definition) is 24. The molecule has 5 heterocycles. The first-order chi connectivity index (χ1) is 43.0. The van der Waals surface area contributed by atoms with Gasteiger partial charge in [-0.2, -0.15) is 5.10 Å². The molecule has 13 unspecified atom stereocenters. The van der Waals surface area contributed by atoms with E-state index in [1.807, 2.05) is 10.9 Å². The summed E-state index contributed by atoms with van der Waals surface area (Å²) in [5, 5.41) is 117. The summed E-state index contributed by atoms with van der Waals surface area (Å²) >= 11 is 1.36. The number of carbonyl (C=O) groups excluding carboxylic acids is 8. The molecule has 13 atom stereocenters. The van der Waals surface area contributed by atoms with Gasteiger partial charge in [0.1, 0.15) is 41.3 Å². The molecular weight excluding hydrogens is 1220 g/mol. The second kappa shape index (κ2) is 33.0. The Balaban J connectivity index is 1.16. The normalized spacial score (nSPS) is 25.0. The van der Waals surface area contributed by atoms with Gasteiger partial charge in [-0.25, -0.2) is 5.26 Å². The van der Waals surface area contributed by atoms with Crippen LogP contribution in [0.2, 0.25) is 0 Å². The first kappa shape index (κ1) is 70.0. The second-order valence-electron chi connectivity index (χ2n) is 22.7. The Bertz CT molecular complexity index is 3120. The predicted octanol–water partition coefficient (Wildman–Crippen LogP) is -0.898. The van der Waals surface area contributed by atoms with Gasteiger partial charge in [-0.3, -0.25) is 43.0 Å². The minimum atomic E-state index is -2.22. The molecule has 2 aromatic heterocycles. The first-order valence-electron chi connectivity index (χ1n) is 29.6. The molecule has 15 N–H and O–H groups in total. The number of primary amides is 1. The standard InChI is InChI=1S/C57H78N12O19S2/c1-4-5-6-7-8-9-10-11-18-67-27-34(24-60-67)55-66-65-54(89-55)33-15-13-32(14-16-33)49(78)61-37-21-35(71)25-59-53(82)47-48(77)29(2)26-69(47)57(84)46(41(75)23-43(58)76)64-52(81)45(40(74)19-31-12-17-39(73)42(20-31)86-90-88-87-85)63-51(80)38-22-36(72)28-68(38)56(83)44(30(3)70)62-50(37)79/h12-17,20,24,27,29-30,35-38,40-41,44-48,70-75,77,85H,4-11,18-19,21-23,25-26,28H2,1-3H3,(H2,58,76)(H,59,82)(H,61,78)(H,62,79)(H,63,80)(H,64,81). The third-order valence-corrected chi connectivity index (χ3v) is 17.1. The van der Waals surface area contributed by atoms with Crippen molar-refractivity contribution in [2.75, 3.05) is 19.6 Å². The molecule has 8 amide bonds. The molecule has 0 radical (unpaired) electrons. The van der Waals surface area contributed by atoms with Crippen molar-refractivity contribution < 1.29 is 92.9 Å². The monoisotopic (exact) mass is 1300 g/mol. The van der Waals surface area contributed by atoms with E-state index in [1.165, 1.54) is 75.0 Å². The average Bonchev–Trinajstić information content (AvgIpc) is 1.78. The van der Waals surface area contributed by atoms with Crippen LogP contribution in [0.25, 0.3) is 21.1 Å². The second-order valence-corrected chi connectivity index (χ2v) is 24.1. The summed E-state index contributed by atoms with van der Waals surface area (Å²) in [4.78, 5) is 115. The molecule has 0 bridgehead atoms. The van der Waals surface area contributed by atoms with Gasteiger partial charge in [0.15, 0.2) is 16.5 Å². The number of β-amino-alcohol motifs (C(OH)–C–C–N with tert-alkyl or cyclic N) is 1. The number of rotatable bonds is 24. The van der Waals surface area contributed by atoms with Gasteiger partial charge in [0.2, 0.25) is 41.4 Å². The van der Waals surface area contributed by atoms with E-state index in [4.69, 9.17) is 15.2 Å². The number of phenols is 1. The summed E-state index contributed by atoms with van der Waals surface area (Å²) in [6.07, 6.45) is -0.467. The molecular formula is C57H78N12O19S2. The Morgan fingerprint density at radius 3 is 2.12 bits per heavy atom. The molecule has 3 saturated heterocycles. The molecule has 492 valence electrons. The zero-order valence-corrected chi connectivity index (χ0v) is 51.3. The van der Waals surface area contributed by atoms with Gasteiger partial charge in [-0.15, -0.1) is 10.2 Å². The van der Waals surface area contributed by atoms with Crippen molar-refractivity contribution in [3.63, 3.8) is 0 Å². The van der Waals surface area contributed by atoms with Crippen LogP contribution in [0.1, 0.15) is 107 Å². The van der Waals surface area contributed by atoms with Crippen molar-refractivity contribution in [3.05, 3.63) is 66.0 Å². The quantitative estimate of drug-likeness (QED) is 0.0175. The van der Waals surface area contributed by atoms with Gasteiger partial charge in [-0.1, -0.05) is 97.7 Å². The van der Waals surface area contributed by atoms with Crippen molar-refractivity contribution in [1.29, 1.82) is 0 Å². The minimum absolute atomic E-state index is 0.0114. The van der Waals surface area contributed by atoms with Crippen molar-refractivity contribution in [1.82, 2.24) is 56.4 Å². The average molecular weight is 1300 g/mol. The number of nitrogens with two attached hydrogens (primary N) is 1. The highest BCUT2D eigenvalue weighted by Crippen LogP contribution is 2.33. The molecule has 33 heteroatoms. The molecule has 4 aromatic rings. The third kappa shape index (κ3) is 18.6. The van der Waals surface area contributed by atoms with Crippen LogP contribution >= 0.6 is 23.7 Å². The maximum Gasteiger partial charge on any atom is 0.261 e. The smallest absolute Gasteiger partial charge is 0.261 e. The molecule has 3 aliphatic rings. The van der Waals surface area contributed by atoms with Crippen molar-refractivity contribution in [2.45, 2.75) is 177 Å². The van der Waals surface area contributed by atoms with Gasteiger partial charge in [-0.05, 0) is 43.2 Å². The Kier molecular flexibility index (Phi) is 25.7. The summed E-state index contributed by atoms with van der Waals surface area (Å²) < 4.78 is 11.2. The number of hydrogen-bond donors (Lipinski definition) is 14. The molecule has 7 rings (SSSR count). The largest absolute Gasteiger partial charge is 0.504 e. The highest BCUT2D eigenvalue weighted by atomic mass is 32.2. The number of aromatic hydroxyl groups is 1. The van der Waals surface area contributed by atoms with E-state index >= 15 is 0 Å². The number of aliphatic hydroxyl groups excluding tert-OH is 6. The van der Waals surface area contributed by atoms with Gasteiger partial charge in [0, 0.05) is 68.7 Å². The fourth-order valence-corrected chi connectivity index (χ4v) is 12.0. The molecule has 3 aliphatic heterocycles. The molecule has 2 aromatic carbocycles. The Hall–Kier alpha value is -7.44. The maximum atomic E-state index is 14.7. The zero-order valence-electron chi connectivity index (χ0n) is 49.7. The molecule has 0 saturated carbocycles. The van der Waals surface area contributed by atoms with E-state index in [0.29, 0.717) is 15.6 Å². The summed E-state index contributed by atoms with van der Waals surface area (Å²) in [5.74, 6) is -11.1. The summed E-state index contributed by atoms with van der Waals surface area (Å²) in [7, 11) is 0. The number of carbonyl (C=O) groups is 8. The number of unbranched alkanes of at least 4 members (excludes halogenated alkanes) is 7. The number of fused-ring (bicyclic) bond motifs is 2. The van der Waals surface area contributed by atoms with Crippen LogP contribution in [-0.4, -0.2) is 211 Å². The lowest BCUT2D eigenvalue weighted by Gasteiger charge is -2.33.